The summed E-state index contributed by atoms with van der Waals surface area (Å²) in [5.74, 6) is 0. The number of aliphatic hydroxyl groups excluding tert-OH is 2. The third-order valence-electron chi connectivity index (χ3n) is 3.18. The molecule has 2 N–H and O–H groups in total. The number of hydrogen-bond acceptors (Lipinski definition) is 2. The molecule has 0 aromatic carbocycles. The Hall–Kier alpha value is 1.14. The minimum absolute atomic E-state index is 0.0258. The molecule has 0 saturated carbocycles. The molecule has 96 valence electrons. The van der Waals surface area contributed by atoms with Crippen molar-refractivity contribution in [3.8, 4) is 0 Å². The van der Waals surface area contributed by atoms with Gasteiger partial charge >= 0.3 is 0 Å². The Morgan fingerprint density at radius 3 is 1.29 bits per heavy atom. The van der Waals surface area contributed by atoms with Crippen LogP contribution in [-0.4, -0.2) is 37.5 Å². The number of halogens is 6. The molecule has 2 rings (SSSR count). The van der Waals surface area contributed by atoms with E-state index in [1.165, 1.54) is 0 Å². The van der Waals surface area contributed by atoms with Gasteiger partial charge in [0.25, 0.3) is 0 Å². The van der Waals surface area contributed by atoms with Crippen molar-refractivity contribution >= 4 is 69.6 Å². The topological polar surface area (TPSA) is 40.5 Å². The monoisotopic (exact) mass is 356 g/mol. The Bertz CT molecular complexity index is 418. The van der Waals surface area contributed by atoms with Gasteiger partial charge in [-0.1, -0.05) is 46.4 Å². The summed E-state index contributed by atoms with van der Waals surface area (Å²) in [5.41, 5.74) is 0.382. The van der Waals surface area contributed by atoms with Crippen LogP contribution in [0.5, 0.6) is 0 Å². The van der Waals surface area contributed by atoms with Crippen LogP contribution in [-0.2, 0) is 0 Å². The highest BCUT2D eigenvalue weighted by atomic mass is 35.5. The molecule has 0 radical (unpaired) electrons. The molecule has 0 heterocycles. The zero-order valence-electron chi connectivity index (χ0n) is 8.08. The summed E-state index contributed by atoms with van der Waals surface area (Å²) >= 11 is 37.0. The third kappa shape index (κ3) is 1.29. The first-order chi connectivity index (χ1) is 7.71. The molecule has 2 bridgehead atoms. The summed E-state index contributed by atoms with van der Waals surface area (Å²) in [6.45, 7) is -0.953. The average molecular weight is 359 g/mol. The van der Waals surface area contributed by atoms with Crippen molar-refractivity contribution < 1.29 is 10.2 Å². The van der Waals surface area contributed by atoms with Gasteiger partial charge in [-0.25, -0.2) is 0 Å². The van der Waals surface area contributed by atoms with E-state index in [4.69, 9.17) is 69.6 Å². The van der Waals surface area contributed by atoms with Gasteiger partial charge < -0.3 is 10.2 Å². The molecule has 2 aliphatic rings. The first kappa shape index (κ1) is 14.5. The summed E-state index contributed by atoms with van der Waals surface area (Å²) in [6.07, 6.45) is 0. The van der Waals surface area contributed by atoms with Crippen LogP contribution >= 0.6 is 69.6 Å². The zero-order valence-corrected chi connectivity index (χ0v) is 12.6. The molecule has 0 aliphatic heterocycles. The third-order valence-corrected chi connectivity index (χ3v) is 7.33. The highest BCUT2D eigenvalue weighted by molar-refractivity contribution is 6.67. The number of alkyl halides is 4. The maximum atomic E-state index is 9.35. The highest BCUT2D eigenvalue weighted by Gasteiger charge is 2.77. The quantitative estimate of drug-likeness (QED) is 0.588. The minimum atomic E-state index is -1.77. The van der Waals surface area contributed by atoms with Gasteiger partial charge in [0.15, 0.2) is 4.33 Å². The van der Waals surface area contributed by atoms with Gasteiger partial charge in [-0.15, -0.1) is 23.2 Å². The van der Waals surface area contributed by atoms with Crippen molar-refractivity contribution in [2.45, 2.75) is 14.1 Å². The van der Waals surface area contributed by atoms with E-state index < -0.39 is 27.3 Å². The summed E-state index contributed by atoms with van der Waals surface area (Å²) in [7, 11) is 0. The van der Waals surface area contributed by atoms with Crippen LogP contribution in [0.3, 0.4) is 0 Å². The van der Waals surface area contributed by atoms with Crippen LogP contribution < -0.4 is 0 Å². The molecule has 2 nitrogen and oxygen atoms in total. The number of hydrogen-bond donors (Lipinski definition) is 2. The maximum Gasteiger partial charge on any atom is 0.174 e. The SMILES string of the molecule is OCC1=C(CO)[C@@]2(Cl)C(Cl)=C(Cl)[C@@]1(Cl)C2(Cl)Cl. The van der Waals surface area contributed by atoms with Crippen molar-refractivity contribution in [1.82, 2.24) is 0 Å². The number of allylic oxidation sites excluding steroid dienone is 2. The zero-order chi connectivity index (χ0) is 13.2. The number of aliphatic hydroxyl groups is 2. The Labute approximate surface area is 128 Å². The van der Waals surface area contributed by atoms with E-state index >= 15 is 0 Å². The van der Waals surface area contributed by atoms with E-state index in [2.05, 4.69) is 0 Å². The number of rotatable bonds is 2. The van der Waals surface area contributed by atoms with Crippen LogP contribution in [0, 0.1) is 0 Å². The fraction of sp³-hybridized carbons (Fsp3) is 0.556. The largest absolute Gasteiger partial charge is 0.392 e. The van der Waals surface area contributed by atoms with Gasteiger partial charge in [0.05, 0.1) is 23.3 Å². The molecule has 0 saturated heterocycles. The molecular weight excluding hydrogens is 353 g/mol. The predicted molar refractivity (Wildman–Crippen MR) is 71.5 cm³/mol. The van der Waals surface area contributed by atoms with Crippen molar-refractivity contribution in [3.05, 3.63) is 21.2 Å². The van der Waals surface area contributed by atoms with E-state index in [9.17, 15) is 10.2 Å². The molecule has 0 aromatic heterocycles. The van der Waals surface area contributed by atoms with Gasteiger partial charge in [0, 0.05) is 0 Å². The average Bonchev–Trinajstić information content (AvgIpc) is 2.48. The highest BCUT2D eigenvalue weighted by Crippen LogP contribution is 2.73. The molecule has 2 aliphatic carbocycles. The lowest BCUT2D eigenvalue weighted by Crippen LogP contribution is -2.46. The standard InChI is InChI=1S/C9H6Cl6O2/c10-5-6(11)8(13)4(2-17)3(1-16)7(5,12)9(8,14)15/h16-17H,1-2H2/t7-,8-/m1/s1. The molecule has 0 spiro atoms. The van der Waals surface area contributed by atoms with Crippen molar-refractivity contribution in [2.24, 2.45) is 0 Å². The second kappa shape index (κ2) is 4.07. The summed E-state index contributed by atoms with van der Waals surface area (Å²) < 4.78 is -1.77. The molecule has 17 heavy (non-hydrogen) atoms. The first-order valence-corrected chi connectivity index (χ1v) is 6.74. The summed E-state index contributed by atoms with van der Waals surface area (Å²) in [5, 5.41) is 18.7. The lowest BCUT2D eigenvalue weighted by molar-refractivity contribution is 0.307. The van der Waals surface area contributed by atoms with Crippen LogP contribution in [0.1, 0.15) is 0 Å². The second-order valence-corrected chi connectivity index (χ2v) is 7.01. The van der Waals surface area contributed by atoms with Crippen LogP contribution in [0.4, 0.5) is 0 Å². The lowest BCUT2D eigenvalue weighted by atomic mass is 9.97. The first-order valence-electron chi connectivity index (χ1n) is 4.47. The smallest absolute Gasteiger partial charge is 0.174 e. The Kier molecular flexibility index (Phi) is 3.48. The van der Waals surface area contributed by atoms with Crippen LogP contribution in [0.25, 0.3) is 0 Å². The molecule has 0 amide bonds. The van der Waals surface area contributed by atoms with Gasteiger partial charge in [-0.2, -0.15) is 0 Å². The molecule has 0 aromatic rings. The Balaban J connectivity index is 2.81. The van der Waals surface area contributed by atoms with E-state index in [0.29, 0.717) is 0 Å². The van der Waals surface area contributed by atoms with Gasteiger partial charge in [-0.05, 0) is 11.1 Å². The van der Waals surface area contributed by atoms with Crippen molar-refractivity contribution in [2.75, 3.05) is 13.2 Å². The minimum Gasteiger partial charge on any atom is -0.392 e. The van der Waals surface area contributed by atoms with Crippen LogP contribution in [0.2, 0.25) is 0 Å². The molecule has 8 heteroatoms. The van der Waals surface area contributed by atoms with Crippen LogP contribution in [0.15, 0.2) is 21.2 Å². The maximum absolute atomic E-state index is 9.35. The Morgan fingerprint density at radius 2 is 1.06 bits per heavy atom. The fourth-order valence-corrected chi connectivity index (χ4v) is 5.07. The van der Waals surface area contributed by atoms with Crippen molar-refractivity contribution in [1.29, 1.82) is 0 Å². The second-order valence-electron chi connectivity index (χ2n) is 3.79. The summed E-state index contributed by atoms with van der Waals surface area (Å²) in [6, 6.07) is 0. The molecule has 0 fully saturated rings. The van der Waals surface area contributed by atoms with E-state index in [1.54, 1.807) is 0 Å². The Morgan fingerprint density at radius 1 is 0.765 bits per heavy atom. The molecule has 0 unspecified atom stereocenters. The van der Waals surface area contributed by atoms with Gasteiger partial charge in [0.1, 0.15) is 9.75 Å². The summed E-state index contributed by atoms with van der Waals surface area (Å²) in [4.78, 5) is -3.22. The van der Waals surface area contributed by atoms with Crippen molar-refractivity contribution in [3.63, 3.8) is 0 Å². The van der Waals surface area contributed by atoms with E-state index in [0.717, 1.165) is 0 Å². The van der Waals surface area contributed by atoms with E-state index in [1.807, 2.05) is 0 Å². The predicted octanol–water partition coefficient (Wildman–Crippen LogP) is 3.11. The lowest BCUT2D eigenvalue weighted by Gasteiger charge is -2.33. The number of fused-ring (bicyclic) bond motifs is 2. The van der Waals surface area contributed by atoms with Gasteiger partial charge in [-0.3, -0.25) is 0 Å². The molecular formula is C9H6Cl6O2. The van der Waals surface area contributed by atoms with E-state index in [-0.39, 0.29) is 21.2 Å². The normalized spacial score (nSPS) is 39.5. The fourth-order valence-electron chi connectivity index (χ4n) is 2.28. The van der Waals surface area contributed by atoms with Gasteiger partial charge in [0.2, 0.25) is 0 Å². The molecule has 2 atom stereocenters.